The Morgan fingerprint density at radius 1 is 0.821 bits per heavy atom. The van der Waals surface area contributed by atoms with Crippen LogP contribution in [0.5, 0.6) is 11.5 Å². The average molecular weight is 394 g/mol. The summed E-state index contributed by atoms with van der Waals surface area (Å²) in [5.41, 5.74) is 3.90. The van der Waals surface area contributed by atoms with Gasteiger partial charge in [-0.1, -0.05) is 68.8 Å². The van der Waals surface area contributed by atoms with Crippen LogP contribution in [0, 0.1) is 0 Å². The summed E-state index contributed by atoms with van der Waals surface area (Å²) < 4.78 is 6.03. The van der Waals surface area contributed by atoms with Crippen molar-refractivity contribution in [3.05, 3.63) is 94.5 Å². The summed E-state index contributed by atoms with van der Waals surface area (Å²) in [7, 11) is 0. The first-order valence-corrected chi connectivity index (χ1v) is 10.1. The van der Waals surface area contributed by atoms with Gasteiger partial charge in [-0.05, 0) is 71.5 Å². The predicted octanol–water partition coefficient (Wildman–Crippen LogP) is 6.76. The standard InChI is InChI=1S/C25H28ClNO/c1-25(2,3)21-10-12-23(13-11-21)28-24-9-5-7-20(17-24)18-27-15-14-19-6-4-8-22(26)16-19/h4-13,16-17,27H,14-15,18H2,1-3H3. The molecule has 0 unspecified atom stereocenters. The maximum absolute atomic E-state index is 6.03. The number of rotatable bonds is 7. The fourth-order valence-corrected chi connectivity index (χ4v) is 3.25. The molecule has 3 rings (SSSR count). The summed E-state index contributed by atoms with van der Waals surface area (Å²) >= 11 is 6.03. The molecule has 0 aromatic heterocycles. The van der Waals surface area contributed by atoms with Crippen molar-refractivity contribution in [3.63, 3.8) is 0 Å². The van der Waals surface area contributed by atoms with Crippen LogP contribution in [0.3, 0.4) is 0 Å². The zero-order valence-corrected chi connectivity index (χ0v) is 17.6. The van der Waals surface area contributed by atoms with E-state index in [-0.39, 0.29) is 5.41 Å². The van der Waals surface area contributed by atoms with Gasteiger partial charge in [0.25, 0.3) is 0 Å². The molecule has 3 aromatic carbocycles. The molecule has 146 valence electrons. The van der Waals surface area contributed by atoms with Crippen LogP contribution in [0.2, 0.25) is 5.02 Å². The molecule has 0 radical (unpaired) electrons. The highest BCUT2D eigenvalue weighted by Crippen LogP contribution is 2.27. The van der Waals surface area contributed by atoms with E-state index in [1.54, 1.807) is 0 Å². The van der Waals surface area contributed by atoms with Crippen LogP contribution in [-0.4, -0.2) is 6.54 Å². The van der Waals surface area contributed by atoms with Crippen molar-refractivity contribution < 1.29 is 4.74 Å². The molecule has 1 N–H and O–H groups in total. The van der Waals surface area contributed by atoms with E-state index in [4.69, 9.17) is 16.3 Å². The van der Waals surface area contributed by atoms with Gasteiger partial charge in [-0.15, -0.1) is 0 Å². The SMILES string of the molecule is CC(C)(C)c1ccc(Oc2cccc(CNCCc3cccc(Cl)c3)c2)cc1. The predicted molar refractivity (Wildman–Crippen MR) is 119 cm³/mol. The van der Waals surface area contributed by atoms with E-state index < -0.39 is 0 Å². The lowest BCUT2D eigenvalue weighted by Crippen LogP contribution is -2.16. The number of halogens is 1. The van der Waals surface area contributed by atoms with Gasteiger partial charge in [-0.3, -0.25) is 0 Å². The highest BCUT2D eigenvalue weighted by Gasteiger charge is 2.13. The first kappa shape index (κ1) is 20.4. The first-order valence-electron chi connectivity index (χ1n) is 9.73. The van der Waals surface area contributed by atoms with E-state index in [1.807, 2.05) is 42.5 Å². The van der Waals surface area contributed by atoms with E-state index >= 15 is 0 Å². The van der Waals surface area contributed by atoms with E-state index in [1.165, 1.54) is 16.7 Å². The summed E-state index contributed by atoms with van der Waals surface area (Å²) in [6, 6.07) is 24.6. The van der Waals surface area contributed by atoms with Crippen molar-refractivity contribution in [2.45, 2.75) is 39.2 Å². The number of benzene rings is 3. The van der Waals surface area contributed by atoms with Crippen molar-refractivity contribution in [2.75, 3.05) is 6.54 Å². The van der Waals surface area contributed by atoms with Crippen LogP contribution in [0.4, 0.5) is 0 Å². The van der Waals surface area contributed by atoms with Gasteiger partial charge in [-0.25, -0.2) is 0 Å². The molecular formula is C25H28ClNO. The van der Waals surface area contributed by atoms with E-state index in [2.05, 4.69) is 56.4 Å². The molecule has 0 aliphatic heterocycles. The molecule has 0 aliphatic carbocycles. The average Bonchev–Trinajstić information content (AvgIpc) is 2.65. The lowest BCUT2D eigenvalue weighted by Gasteiger charge is -2.19. The van der Waals surface area contributed by atoms with Crippen LogP contribution in [-0.2, 0) is 18.4 Å². The topological polar surface area (TPSA) is 21.3 Å². The molecule has 0 saturated carbocycles. The highest BCUT2D eigenvalue weighted by atomic mass is 35.5. The monoisotopic (exact) mass is 393 g/mol. The largest absolute Gasteiger partial charge is 0.457 e. The van der Waals surface area contributed by atoms with Crippen molar-refractivity contribution in [1.82, 2.24) is 5.32 Å². The molecule has 0 spiro atoms. The number of hydrogen-bond donors (Lipinski definition) is 1. The Bertz CT molecular complexity index is 897. The number of nitrogens with one attached hydrogen (secondary N) is 1. The van der Waals surface area contributed by atoms with Crippen molar-refractivity contribution >= 4 is 11.6 Å². The third-order valence-electron chi connectivity index (χ3n) is 4.66. The molecule has 3 heteroatoms. The Hall–Kier alpha value is -2.29. The molecule has 0 bridgehead atoms. The quantitative estimate of drug-likeness (QED) is 0.447. The van der Waals surface area contributed by atoms with Crippen LogP contribution >= 0.6 is 11.6 Å². The second-order valence-corrected chi connectivity index (χ2v) is 8.52. The van der Waals surface area contributed by atoms with Gasteiger partial charge >= 0.3 is 0 Å². The zero-order valence-electron chi connectivity index (χ0n) is 16.8. The molecule has 0 amide bonds. The van der Waals surface area contributed by atoms with Crippen molar-refractivity contribution in [3.8, 4) is 11.5 Å². The Morgan fingerprint density at radius 2 is 1.54 bits per heavy atom. The van der Waals surface area contributed by atoms with Crippen LogP contribution in [0.15, 0.2) is 72.8 Å². The Morgan fingerprint density at radius 3 is 2.25 bits per heavy atom. The minimum atomic E-state index is 0.148. The van der Waals surface area contributed by atoms with Crippen LogP contribution in [0.25, 0.3) is 0 Å². The van der Waals surface area contributed by atoms with Crippen LogP contribution in [0.1, 0.15) is 37.5 Å². The fourth-order valence-electron chi connectivity index (χ4n) is 3.04. The molecule has 28 heavy (non-hydrogen) atoms. The van der Waals surface area contributed by atoms with Gasteiger partial charge in [0.1, 0.15) is 11.5 Å². The molecule has 0 atom stereocenters. The molecule has 2 nitrogen and oxygen atoms in total. The third kappa shape index (κ3) is 6.12. The van der Waals surface area contributed by atoms with Crippen molar-refractivity contribution in [2.24, 2.45) is 0 Å². The highest BCUT2D eigenvalue weighted by molar-refractivity contribution is 6.30. The van der Waals surface area contributed by atoms with Gasteiger partial charge in [-0.2, -0.15) is 0 Å². The minimum absolute atomic E-state index is 0.148. The van der Waals surface area contributed by atoms with E-state index in [9.17, 15) is 0 Å². The Kier molecular flexibility index (Phi) is 6.77. The second kappa shape index (κ2) is 9.27. The minimum Gasteiger partial charge on any atom is -0.457 e. The van der Waals surface area contributed by atoms with Gasteiger partial charge in [0.15, 0.2) is 0 Å². The summed E-state index contributed by atoms with van der Waals surface area (Å²) in [4.78, 5) is 0. The van der Waals surface area contributed by atoms with Gasteiger partial charge in [0, 0.05) is 11.6 Å². The summed E-state index contributed by atoms with van der Waals surface area (Å²) in [5, 5.41) is 4.28. The van der Waals surface area contributed by atoms with E-state index in [0.29, 0.717) is 0 Å². The normalized spacial score (nSPS) is 11.4. The molecule has 0 saturated heterocycles. The molecular weight excluding hydrogens is 366 g/mol. The van der Waals surface area contributed by atoms with Gasteiger partial charge in [0.05, 0.1) is 0 Å². The maximum Gasteiger partial charge on any atom is 0.127 e. The van der Waals surface area contributed by atoms with Crippen molar-refractivity contribution in [1.29, 1.82) is 0 Å². The molecule has 0 aliphatic rings. The number of ether oxygens (including phenoxy) is 1. The van der Waals surface area contributed by atoms with E-state index in [0.717, 1.165) is 36.0 Å². The Labute approximate surface area is 173 Å². The second-order valence-electron chi connectivity index (χ2n) is 8.08. The number of hydrogen-bond acceptors (Lipinski definition) is 2. The summed E-state index contributed by atoms with van der Waals surface area (Å²) in [6.45, 7) is 8.35. The maximum atomic E-state index is 6.03. The third-order valence-corrected chi connectivity index (χ3v) is 4.90. The molecule has 3 aromatic rings. The first-order chi connectivity index (χ1) is 13.4. The zero-order chi connectivity index (χ0) is 20.0. The lowest BCUT2D eigenvalue weighted by molar-refractivity contribution is 0.480. The van der Waals surface area contributed by atoms with Gasteiger partial charge in [0.2, 0.25) is 0 Å². The van der Waals surface area contributed by atoms with Gasteiger partial charge < -0.3 is 10.1 Å². The summed E-state index contributed by atoms with van der Waals surface area (Å²) in [6.07, 6.45) is 0.955. The van der Waals surface area contributed by atoms with Crippen LogP contribution < -0.4 is 10.1 Å². The lowest BCUT2D eigenvalue weighted by atomic mass is 9.87. The Balaban J connectivity index is 1.52. The fraction of sp³-hybridized carbons (Fsp3) is 0.280. The molecule has 0 fully saturated rings. The summed E-state index contributed by atoms with van der Waals surface area (Å²) in [5.74, 6) is 1.72. The molecule has 0 heterocycles. The smallest absolute Gasteiger partial charge is 0.127 e.